The zero-order valence-corrected chi connectivity index (χ0v) is 16.4. The minimum absolute atomic E-state index is 0.0684. The lowest BCUT2D eigenvalue weighted by atomic mass is 10.2. The molecule has 2 aromatic heterocycles. The Morgan fingerprint density at radius 3 is 2.88 bits per heavy atom. The summed E-state index contributed by atoms with van der Waals surface area (Å²) in [5, 5.41) is 17.2. The molecule has 0 unspecified atom stereocenters. The molecule has 0 saturated heterocycles. The number of hydrogen-bond acceptors (Lipinski definition) is 7. The van der Waals surface area contributed by atoms with Crippen LogP contribution in [0.1, 0.15) is 6.42 Å². The molecule has 3 rings (SSSR count). The second-order valence-corrected chi connectivity index (χ2v) is 7.94. The quantitative estimate of drug-likeness (QED) is 0.439. The van der Waals surface area contributed by atoms with Gasteiger partial charge in [-0.1, -0.05) is 23.9 Å². The summed E-state index contributed by atoms with van der Waals surface area (Å²) in [7, 11) is 1.77. The standard InChI is InChI=1S/C14H13IN6OS2/c1-21-14(18-19-20-21)23-7-6-12(22)17-13-16-11(8-24-13)9-2-4-10(15)5-3-9/h2-5,8H,6-7H2,1H3,(H,16,17,22). The van der Waals surface area contributed by atoms with Gasteiger partial charge in [-0.3, -0.25) is 4.79 Å². The van der Waals surface area contributed by atoms with E-state index >= 15 is 0 Å². The highest BCUT2D eigenvalue weighted by Gasteiger charge is 2.09. The van der Waals surface area contributed by atoms with Gasteiger partial charge in [0.1, 0.15) is 0 Å². The molecule has 10 heteroatoms. The Labute approximate surface area is 160 Å². The van der Waals surface area contributed by atoms with Gasteiger partial charge in [0.15, 0.2) is 5.13 Å². The van der Waals surface area contributed by atoms with E-state index in [4.69, 9.17) is 0 Å². The fourth-order valence-corrected chi connectivity index (χ4v) is 3.73. The summed E-state index contributed by atoms with van der Waals surface area (Å²) in [6, 6.07) is 8.11. The van der Waals surface area contributed by atoms with Gasteiger partial charge in [0.25, 0.3) is 0 Å². The Kier molecular flexibility index (Phi) is 5.79. The van der Waals surface area contributed by atoms with E-state index in [2.05, 4.69) is 48.4 Å². The van der Waals surface area contributed by atoms with E-state index in [1.807, 2.05) is 29.6 Å². The number of carbonyl (C=O) groups is 1. The van der Waals surface area contributed by atoms with Crippen LogP contribution in [0.5, 0.6) is 0 Å². The van der Waals surface area contributed by atoms with E-state index in [9.17, 15) is 4.79 Å². The first-order chi connectivity index (χ1) is 11.6. The van der Waals surface area contributed by atoms with Gasteiger partial charge in [-0.05, 0) is 45.2 Å². The van der Waals surface area contributed by atoms with Crippen LogP contribution in [0.25, 0.3) is 11.3 Å². The average Bonchev–Trinajstić information content (AvgIpc) is 3.18. The van der Waals surface area contributed by atoms with Gasteiger partial charge in [-0.25, -0.2) is 9.67 Å². The van der Waals surface area contributed by atoms with Crippen LogP contribution in [-0.4, -0.2) is 36.9 Å². The van der Waals surface area contributed by atoms with E-state index in [0.29, 0.717) is 22.5 Å². The fraction of sp³-hybridized carbons (Fsp3) is 0.214. The summed E-state index contributed by atoms with van der Waals surface area (Å²) in [5.41, 5.74) is 1.91. The average molecular weight is 472 g/mol. The van der Waals surface area contributed by atoms with E-state index in [-0.39, 0.29) is 5.91 Å². The van der Waals surface area contributed by atoms with Crippen molar-refractivity contribution < 1.29 is 4.79 Å². The molecule has 0 bridgehead atoms. The Morgan fingerprint density at radius 2 is 2.17 bits per heavy atom. The van der Waals surface area contributed by atoms with E-state index in [0.717, 1.165) is 11.3 Å². The molecule has 124 valence electrons. The number of hydrogen-bond donors (Lipinski definition) is 1. The number of nitrogens with zero attached hydrogens (tertiary/aromatic N) is 5. The first-order valence-electron chi connectivity index (χ1n) is 6.98. The summed E-state index contributed by atoms with van der Waals surface area (Å²) in [4.78, 5) is 16.5. The Bertz CT molecular complexity index is 832. The topological polar surface area (TPSA) is 85.6 Å². The van der Waals surface area contributed by atoms with Gasteiger partial charge >= 0.3 is 0 Å². The van der Waals surface area contributed by atoms with Crippen molar-refractivity contribution in [2.75, 3.05) is 11.1 Å². The summed E-state index contributed by atoms with van der Waals surface area (Å²) in [6.45, 7) is 0. The molecule has 1 amide bonds. The number of anilines is 1. The number of aryl methyl sites for hydroxylation is 1. The molecule has 0 spiro atoms. The maximum atomic E-state index is 12.0. The highest BCUT2D eigenvalue weighted by Crippen LogP contribution is 2.25. The zero-order chi connectivity index (χ0) is 16.9. The van der Waals surface area contributed by atoms with Crippen molar-refractivity contribution in [3.05, 3.63) is 33.2 Å². The third-order valence-corrected chi connectivity index (χ3v) is 5.52. The van der Waals surface area contributed by atoms with Crippen LogP contribution >= 0.6 is 45.7 Å². The van der Waals surface area contributed by atoms with Gasteiger partial charge in [0.05, 0.1) is 5.69 Å². The number of carbonyl (C=O) groups excluding carboxylic acids is 1. The Hall–Kier alpha value is -1.53. The fourth-order valence-electron chi connectivity index (χ4n) is 1.84. The minimum atomic E-state index is -0.0684. The van der Waals surface area contributed by atoms with Crippen LogP contribution < -0.4 is 5.32 Å². The van der Waals surface area contributed by atoms with Crippen LogP contribution in [0.2, 0.25) is 0 Å². The molecule has 0 atom stereocenters. The molecular formula is C14H13IN6OS2. The molecule has 2 heterocycles. The van der Waals surface area contributed by atoms with Gasteiger partial charge in [-0.2, -0.15) is 0 Å². The summed E-state index contributed by atoms with van der Waals surface area (Å²) in [6.07, 6.45) is 0.371. The molecule has 0 radical (unpaired) electrons. The van der Waals surface area contributed by atoms with Gasteiger partial charge in [0.2, 0.25) is 11.1 Å². The van der Waals surface area contributed by atoms with Gasteiger partial charge in [0, 0.05) is 33.7 Å². The van der Waals surface area contributed by atoms with Gasteiger partial charge in [-0.15, -0.1) is 16.4 Å². The van der Waals surface area contributed by atoms with Crippen molar-refractivity contribution in [3.63, 3.8) is 0 Å². The van der Waals surface area contributed by atoms with Crippen molar-refractivity contribution in [1.29, 1.82) is 0 Å². The number of amides is 1. The SMILES string of the molecule is Cn1nnnc1SCCC(=O)Nc1nc(-c2ccc(I)cc2)cs1. The normalized spacial score (nSPS) is 10.8. The lowest BCUT2D eigenvalue weighted by molar-refractivity contribution is -0.115. The zero-order valence-electron chi connectivity index (χ0n) is 12.6. The van der Waals surface area contributed by atoms with Crippen LogP contribution in [-0.2, 0) is 11.8 Å². The third kappa shape index (κ3) is 4.51. The molecule has 0 aliphatic heterocycles. The second kappa shape index (κ2) is 8.03. The molecule has 1 N–H and O–H groups in total. The minimum Gasteiger partial charge on any atom is -0.302 e. The maximum Gasteiger partial charge on any atom is 0.226 e. The van der Waals surface area contributed by atoms with Crippen LogP contribution in [0, 0.1) is 3.57 Å². The first-order valence-corrected chi connectivity index (χ1v) is 9.92. The monoisotopic (exact) mass is 472 g/mol. The predicted octanol–water partition coefficient (Wildman–Crippen LogP) is 3.06. The molecule has 0 aliphatic carbocycles. The molecular weight excluding hydrogens is 459 g/mol. The van der Waals surface area contributed by atoms with E-state index < -0.39 is 0 Å². The van der Waals surface area contributed by atoms with E-state index in [1.165, 1.54) is 26.7 Å². The number of rotatable bonds is 6. The summed E-state index contributed by atoms with van der Waals surface area (Å²) in [5.74, 6) is 0.538. The molecule has 0 aliphatic rings. The number of nitrogens with one attached hydrogen (secondary N) is 1. The number of aromatic nitrogens is 5. The Morgan fingerprint density at radius 1 is 1.38 bits per heavy atom. The van der Waals surface area contributed by atoms with Gasteiger partial charge < -0.3 is 5.32 Å². The molecule has 3 aromatic rings. The molecule has 7 nitrogen and oxygen atoms in total. The molecule has 1 aromatic carbocycles. The highest BCUT2D eigenvalue weighted by molar-refractivity contribution is 14.1. The number of benzene rings is 1. The van der Waals surface area contributed by atoms with Crippen molar-refractivity contribution in [3.8, 4) is 11.3 Å². The molecule has 0 saturated carbocycles. The lowest BCUT2D eigenvalue weighted by Gasteiger charge is -2.01. The molecule has 0 fully saturated rings. The molecule has 24 heavy (non-hydrogen) atoms. The smallest absolute Gasteiger partial charge is 0.226 e. The van der Waals surface area contributed by atoms with Crippen molar-refractivity contribution in [2.24, 2.45) is 7.05 Å². The summed E-state index contributed by atoms with van der Waals surface area (Å²) >= 11 is 5.13. The van der Waals surface area contributed by atoms with Crippen molar-refractivity contribution >= 4 is 56.7 Å². The van der Waals surface area contributed by atoms with Crippen LogP contribution in [0.4, 0.5) is 5.13 Å². The lowest BCUT2D eigenvalue weighted by Crippen LogP contribution is -2.12. The second-order valence-electron chi connectivity index (χ2n) is 4.78. The number of thioether (sulfide) groups is 1. The van der Waals surface area contributed by atoms with Crippen LogP contribution in [0.3, 0.4) is 0 Å². The number of thiazole rings is 1. The highest BCUT2D eigenvalue weighted by atomic mass is 127. The summed E-state index contributed by atoms with van der Waals surface area (Å²) < 4.78 is 2.76. The number of tetrazole rings is 1. The van der Waals surface area contributed by atoms with Crippen molar-refractivity contribution in [2.45, 2.75) is 11.6 Å². The third-order valence-electron chi connectivity index (χ3n) is 3.03. The largest absolute Gasteiger partial charge is 0.302 e. The Balaban J connectivity index is 1.51. The number of halogens is 1. The maximum absolute atomic E-state index is 12.0. The predicted molar refractivity (Wildman–Crippen MR) is 103 cm³/mol. The van der Waals surface area contributed by atoms with Crippen molar-refractivity contribution in [1.82, 2.24) is 25.2 Å². The first kappa shape index (κ1) is 17.3. The van der Waals surface area contributed by atoms with Crippen LogP contribution in [0.15, 0.2) is 34.8 Å². The van der Waals surface area contributed by atoms with E-state index in [1.54, 1.807) is 11.7 Å².